The second kappa shape index (κ2) is 8.02. The molecule has 2 rings (SSSR count). The average Bonchev–Trinajstić information content (AvgIpc) is 2.90. The molecule has 0 radical (unpaired) electrons. The second-order valence-electron chi connectivity index (χ2n) is 6.25. The van der Waals surface area contributed by atoms with E-state index in [0.717, 1.165) is 23.9 Å². The molecule has 1 aromatic carbocycles. The topological polar surface area (TPSA) is 44.9 Å². The van der Waals surface area contributed by atoms with Crippen LogP contribution in [0.5, 0.6) is 0 Å². The lowest BCUT2D eigenvalue weighted by Gasteiger charge is -2.03. The first-order valence-corrected chi connectivity index (χ1v) is 8.50. The highest BCUT2D eigenvalue weighted by atomic mass is 16.1. The van der Waals surface area contributed by atoms with E-state index in [4.69, 9.17) is 0 Å². The normalized spacial score (nSPS) is 11.0. The summed E-state index contributed by atoms with van der Waals surface area (Å²) in [5.74, 6) is 0.00168. The van der Waals surface area contributed by atoms with E-state index in [9.17, 15) is 4.79 Å². The van der Waals surface area contributed by atoms with E-state index in [1.807, 2.05) is 6.07 Å². The van der Waals surface area contributed by atoms with Gasteiger partial charge in [-0.15, -0.1) is 0 Å². The highest BCUT2D eigenvalue weighted by molar-refractivity contribution is 5.98. The molecular weight excluding hydrogens is 272 g/mol. The number of hydrogen-bond donors (Lipinski definition) is 2. The van der Waals surface area contributed by atoms with E-state index in [0.29, 0.717) is 5.69 Å². The third-order valence-corrected chi connectivity index (χ3v) is 4.15. The standard InChI is InChI=1S/C19H28N2O/c1-4-5-6-7-8-9-10-20-19(22)18-13-16-15(3)11-14(2)12-17(16)21-18/h11-13,21H,4-10H2,1-3H3,(H,20,22). The van der Waals surface area contributed by atoms with Crippen LogP contribution in [0.1, 0.15) is 67.1 Å². The predicted octanol–water partition coefficient (Wildman–Crippen LogP) is 4.88. The molecule has 120 valence electrons. The Balaban J connectivity index is 1.84. The Hall–Kier alpha value is -1.77. The first-order valence-electron chi connectivity index (χ1n) is 8.50. The number of carbonyl (C=O) groups is 1. The van der Waals surface area contributed by atoms with Crippen LogP contribution >= 0.6 is 0 Å². The van der Waals surface area contributed by atoms with Crippen LogP contribution in [0.3, 0.4) is 0 Å². The van der Waals surface area contributed by atoms with Crippen LogP contribution in [-0.4, -0.2) is 17.4 Å². The quantitative estimate of drug-likeness (QED) is 0.671. The van der Waals surface area contributed by atoms with Gasteiger partial charge in [-0.25, -0.2) is 0 Å². The number of nitrogens with one attached hydrogen (secondary N) is 2. The highest BCUT2D eigenvalue weighted by Gasteiger charge is 2.10. The molecule has 0 saturated carbocycles. The molecule has 3 heteroatoms. The summed E-state index contributed by atoms with van der Waals surface area (Å²) in [6.07, 6.45) is 7.44. The van der Waals surface area contributed by atoms with Gasteiger partial charge in [0.2, 0.25) is 0 Å². The molecule has 0 aliphatic heterocycles. The summed E-state index contributed by atoms with van der Waals surface area (Å²) in [7, 11) is 0. The Morgan fingerprint density at radius 1 is 1.05 bits per heavy atom. The minimum absolute atomic E-state index is 0.00168. The van der Waals surface area contributed by atoms with Crippen molar-refractivity contribution in [2.24, 2.45) is 0 Å². The van der Waals surface area contributed by atoms with Gasteiger partial charge in [0.1, 0.15) is 5.69 Å². The molecule has 2 N–H and O–H groups in total. The van der Waals surface area contributed by atoms with Gasteiger partial charge < -0.3 is 10.3 Å². The molecule has 3 nitrogen and oxygen atoms in total. The van der Waals surface area contributed by atoms with Crippen LogP contribution < -0.4 is 5.32 Å². The van der Waals surface area contributed by atoms with E-state index in [1.54, 1.807) is 0 Å². The van der Waals surface area contributed by atoms with Crippen molar-refractivity contribution in [2.75, 3.05) is 6.54 Å². The van der Waals surface area contributed by atoms with Gasteiger partial charge in [-0.3, -0.25) is 4.79 Å². The number of aromatic nitrogens is 1. The van der Waals surface area contributed by atoms with E-state index in [1.165, 1.54) is 43.2 Å². The molecule has 1 amide bonds. The fourth-order valence-electron chi connectivity index (χ4n) is 2.92. The molecule has 0 atom stereocenters. The SMILES string of the molecule is CCCCCCCCNC(=O)c1cc2c(C)cc(C)cc2[nH]1. The summed E-state index contributed by atoms with van der Waals surface area (Å²) in [5.41, 5.74) is 4.13. The van der Waals surface area contributed by atoms with Gasteiger partial charge in [0.05, 0.1) is 0 Å². The van der Waals surface area contributed by atoms with Gasteiger partial charge >= 0.3 is 0 Å². The molecule has 1 aromatic heterocycles. The van der Waals surface area contributed by atoms with Crippen LogP contribution in [0.15, 0.2) is 18.2 Å². The maximum Gasteiger partial charge on any atom is 0.267 e. The molecule has 0 spiro atoms. The number of H-pyrrole nitrogens is 1. The smallest absolute Gasteiger partial charge is 0.267 e. The lowest BCUT2D eigenvalue weighted by molar-refractivity contribution is 0.0949. The van der Waals surface area contributed by atoms with Gasteiger partial charge in [0.15, 0.2) is 0 Å². The maximum absolute atomic E-state index is 12.2. The lowest BCUT2D eigenvalue weighted by atomic mass is 10.1. The molecule has 1 heterocycles. The number of amides is 1. The van der Waals surface area contributed by atoms with Gasteiger partial charge in [-0.1, -0.05) is 45.1 Å². The Morgan fingerprint density at radius 2 is 1.77 bits per heavy atom. The van der Waals surface area contributed by atoms with Crippen molar-refractivity contribution in [1.29, 1.82) is 0 Å². The summed E-state index contributed by atoms with van der Waals surface area (Å²) < 4.78 is 0. The lowest BCUT2D eigenvalue weighted by Crippen LogP contribution is -2.24. The fourth-order valence-corrected chi connectivity index (χ4v) is 2.92. The first kappa shape index (κ1) is 16.6. The van der Waals surface area contributed by atoms with Gasteiger partial charge in [0, 0.05) is 17.4 Å². The summed E-state index contributed by atoms with van der Waals surface area (Å²) in [4.78, 5) is 15.4. The van der Waals surface area contributed by atoms with Crippen LogP contribution in [0, 0.1) is 13.8 Å². The Bertz CT molecular complexity index is 628. The van der Waals surface area contributed by atoms with Gasteiger partial charge in [-0.2, -0.15) is 0 Å². The number of aryl methyl sites for hydroxylation is 2. The number of unbranched alkanes of at least 4 members (excludes halogenated alkanes) is 5. The Kier molecular flexibility index (Phi) is 6.05. The predicted molar refractivity (Wildman–Crippen MR) is 93.5 cm³/mol. The maximum atomic E-state index is 12.2. The molecule has 0 bridgehead atoms. The number of carbonyl (C=O) groups excluding carboxylic acids is 1. The molecule has 0 fully saturated rings. The van der Waals surface area contributed by atoms with Crippen molar-refractivity contribution in [3.63, 3.8) is 0 Å². The van der Waals surface area contributed by atoms with E-state index >= 15 is 0 Å². The van der Waals surface area contributed by atoms with Crippen LogP contribution in [0.4, 0.5) is 0 Å². The van der Waals surface area contributed by atoms with Crippen LogP contribution in [0.2, 0.25) is 0 Å². The average molecular weight is 300 g/mol. The largest absolute Gasteiger partial charge is 0.351 e. The van der Waals surface area contributed by atoms with Gasteiger partial charge in [0.25, 0.3) is 5.91 Å². The molecule has 2 aromatic rings. The molecule has 0 unspecified atom stereocenters. The van der Waals surface area contributed by atoms with E-state index in [-0.39, 0.29) is 5.91 Å². The van der Waals surface area contributed by atoms with Crippen LogP contribution in [-0.2, 0) is 0 Å². The monoisotopic (exact) mass is 300 g/mol. The minimum atomic E-state index is 0.00168. The van der Waals surface area contributed by atoms with Crippen molar-refractivity contribution in [3.05, 3.63) is 35.0 Å². The summed E-state index contributed by atoms with van der Waals surface area (Å²) in [5, 5.41) is 4.15. The Labute approximate surface area is 133 Å². The molecule has 0 saturated heterocycles. The number of fused-ring (bicyclic) bond motifs is 1. The summed E-state index contributed by atoms with van der Waals surface area (Å²) in [6, 6.07) is 6.20. The van der Waals surface area contributed by atoms with E-state index in [2.05, 4.69) is 43.2 Å². The van der Waals surface area contributed by atoms with Crippen molar-refractivity contribution >= 4 is 16.8 Å². The summed E-state index contributed by atoms with van der Waals surface area (Å²) >= 11 is 0. The van der Waals surface area contributed by atoms with Crippen molar-refractivity contribution in [2.45, 2.75) is 59.3 Å². The van der Waals surface area contributed by atoms with Crippen molar-refractivity contribution < 1.29 is 4.79 Å². The number of benzene rings is 1. The minimum Gasteiger partial charge on any atom is -0.351 e. The van der Waals surface area contributed by atoms with Crippen molar-refractivity contribution in [1.82, 2.24) is 10.3 Å². The van der Waals surface area contributed by atoms with Gasteiger partial charge in [-0.05, 0) is 43.5 Å². The molecule has 0 aliphatic carbocycles. The number of rotatable bonds is 8. The molecular formula is C19H28N2O. The summed E-state index contributed by atoms with van der Waals surface area (Å²) in [6.45, 7) is 7.15. The zero-order valence-electron chi connectivity index (χ0n) is 14.1. The van der Waals surface area contributed by atoms with E-state index < -0.39 is 0 Å². The first-order chi connectivity index (χ1) is 10.6. The highest BCUT2D eigenvalue weighted by Crippen LogP contribution is 2.21. The second-order valence-corrected chi connectivity index (χ2v) is 6.25. The number of hydrogen-bond acceptors (Lipinski definition) is 1. The zero-order valence-corrected chi connectivity index (χ0v) is 14.1. The molecule has 22 heavy (non-hydrogen) atoms. The zero-order chi connectivity index (χ0) is 15.9. The van der Waals surface area contributed by atoms with Crippen molar-refractivity contribution in [3.8, 4) is 0 Å². The Morgan fingerprint density at radius 3 is 2.55 bits per heavy atom. The molecule has 0 aliphatic rings. The number of aromatic amines is 1. The third-order valence-electron chi connectivity index (χ3n) is 4.15. The fraction of sp³-hybridized carbons (Fsp3) is 0.526. The third kappa shape index (κ3) is 4.36. The van der Waals surface area contributed by atoms with Crippen LogP contribution in [0.25, 0.3) is 10.9 Å².